The van der Waals surface area contributed by atoms with Crippen molar-refractivity contribution in [2.45, 2.75) is 25.0 Å². The molecule has 0 aromatic heterocycles. The summed E-state index contributed by atoms with van der Waals surface area (Å²) in [4.78, 5) is 13.7. The molecule has 1 saturated heterocycles. The van der Waals surface area contributed by atoms with Crippen molar-refractivity contribution in [3.05, 3.63) is 59.9 Å². The normalized spacial score (nSPS) is 15.2. The molecule has 3 rings (SSSR count). The van der Waals surface area contributed by atoms with E-state index in [9.17, 15) is 17.6 Å². The Kier molecular flexibility index (Phi) is 5.03. The minimum atomic E-state index is -3.69. The van der Waals surface area contributed by atoms with Gasteiger partial charge in [-0.2, -0.15) is 0 Å². The third-order valence-electron chi connectivity index (χ3n) is 4.00. The number of carbonyl (C=O) groups is 1. The molecule has 1 amide bonds. The van der Waals surface area contributed by atoms with Crippen LogP contribution in [0.25, 0.3) is 0 Å². The zero-order valence-corrected chi connectivity index (χ0v) is 14.4. The van der Waals surface area contributed by atoms with Crippen LogP contribution in [-0.2, 0) is 20.6 Å². The standard InChI is InChI=1S/C18H19FN2O3S/c19-15-6-3-5-14(11-15)13-25(23,24)20-16-7-4-8-17(12-16)21-10-2-1-9-18(21)22/h3-8,11-12,20H,1-2,9-10,13H2. The molecule has 1 aliphatic heterocycles. The summed E-state index contributed by atoms with van der Waals surface area (Å²) >= 11 is 0. The van der Waals surface area contributed by atoms with Crippen LogP contribution in [0, 0.1) is 5.82 Å². The van der Waals surface area contributed by atoms with Gasteiger partial charge in [-0.3, -0.25) is 9.52 Å². The highest BCUT2D eigenvalue weighted by Gasteiger charge is 2.20. The Labute approximate surface area is 146 Å². The van der Waals surface area contributed by atoms with Crippen LogP contribution in [0.1, 0.15) is 24.8 Å². The molecule has 0 saturated carbocycles. The first-order valence-corrected chi connectivity index (χ1v) is 9.73. The minimum Gasteiger partial charge on any atom is -0.312 e. The van der Waals surface area contributed by atoms with Crippen LogP contribution >= 0.6 is 0 Å². The summed E-state index contributed by atoms with van der Waals surface area (Å²) in [5.41, 5.74) is 1.43. The van der Waals surface area contributed by atoms with Crippen molar-refractivity contribution in [2.24, 2.45) is 0 Å². The van der Waals surface area contributed by atoms with Crippen LogP contribution < -0.4 is 9.62 Å². The number of piperidine rings is 1. The highest BCUT2D eigenvalue weighted by Crippen LogP contribution is 2.24. The molecule has 2 aromatic carbocycles. The average Bonchev–Trinajstić information content (AvgIpc) is 2.54. The minimum absolute atomic E-state index is 0.0472. The second-order valence-corrected chi connectivity index (χ2v) is 7.77. The van der Waals surface area contributed by atoms with Gasteiger partial charge in [0.2, 0.25) is 15.9 Å². The fraction of sp³-hybridized carbons (Fsp3) is 0.278. The van der Waals surface area contributed by atoms with E-state index < -0.39 is 15.8 Å². The van der Waals surface area contributed by atoms with Crippen LogP contribution in [-0.4, -0.2) is 20.9 Å². The quantitative estimate of drug-likeness (QED) is 0.888. The van der Waals surface area contributed by atoms with Gasteiger partial charge >= 0.3 is 0 Å². The second-order valence-electron chi connectivity index (χ2n) is 6.04. The van der Waals surface area contributed by atoms with Crippen LogP contribution in [0.4, 0.5) is 15.8 Å². The van der Waals surface area contributed by atoms with Crippen molar-refractivity contribution in [3.8, 4) is 0 Å². The lowest BCUT2D eigenvalue weighted by molar-refractivity contribution is -0.119. The highest BCUT2D eigenvalue weighted by molar-refractivity contribution is 7.91. The van der Waals surface area contributed by atoms with Gasteiger partial charge in [-0.1, -0.05) is 18.2 Å². The fourth-order valence-corrected chi connectivity index (χ4v) is 4.05. The van der Waals surface area contributed by atoms with Gasteiger partial charge in [0, 0.05) is 18.7 Å². The summed E-state index contributed by atoms with van der Waals surface area (Å²) in [5.74, 6) is -0.748. The predicted octanol–water partition coefficient (Wildman–Crippen LogP) is 3.28. The SMILES string of the molecule is O=C1CCCCN1c1cccc(NS(=O)(=O)Cc2cccc(F)c2)c1. The molecule has 0 bridgehead atoms. The number of nitrogens with zero attached hydrogens (tertiary/aromatic N) is 1. The third-order valence-corrected chi connectivity index (χ3v) is 5.26. The van der Waals surface area contributed by atoms with Crippen molar-refractivity contribution >= 4 is 27.3 Å². The molecule has 7 heteroatoms. The van der Waals surface area contributed by atoms with Crippen LogP contribution in [0.15, 0.2) is 48.5 Å². The van der Waals surface area contributed by atoms with Crippen molar-refractivity contribution in [1.29, 1.82) is 0 Å². The van der Waals surface area contributed by atoms with Gasteiger partial charge in [0.25, 0.3) is 0 Å². The number of anilines is 2. The third kappa shape index (κ3) is 4.57. The Morgan fingerprint density at radius 3 is 2.64 bits per heavy atom. The van der Waals surface area contributed by atoms with E-state index in [-0.39, 0.29) is 11.7 Å². The van der Waals surface area contributed by atoms with E-state index in [2.05, 4.69) is 4.72 Å². The summed E-state index contributed by atoms with van der Waals surface area (Å²) in [7, 11) is -3.69. The van der Waals surface area contributed by atoms with Crippen molar-refractivity contribution in [2.75, 3.05) is 16.2 Å². The van der Waals surface area contributed by atoms with Crippen molar-refractivity contribution in [1.82, 2.24) is 0 Å². The zero-order chi connectivity index (χ0) is 17.9. The molecule has 132 valence electrons. The lowest BCUT2D eigenvalue weighted by Gasteiger charge is -2.27. The molecule has 1 fully saturated rings. The number of carbonyl (C=O) groups excluding carboxylic acids is 1. The Hall–Kier alpha value is -2.41. The first-order chi connectivity index (χ1) is 11.9. The van der Waals surface area contributed by atoms with Gasteiger partial charge in [-0.05, 0) is 48.7 Å². The Morgan fingerprint density at radius 2 is 1.88 bits per heavy atom. The molecule has 1 aliphatic rings. The maximum atomic E-state index is 13.2. The monoisotopic (exact) mass is 362 g/mol. The largest absolute Gasteiger partial charge is 0.312 e. The number of halogens is 1. The van der Waals surface area contributed by atoms with Gasteiger partial charge in [-0.15, -0.1) is 0 Å². The molecular weight excluding hydrogens is 343 g/mol. The lowest BCUT2D eigenvalue weighted by atomic mass is 10.1. The van der Waals surface area contributed by atoms with Crippen LogP contribution in [0.2, 0.25) is 0 Å². The topological polar surface area (TPSA) is 66.5 Å². The second kappa shape index (κ2) is 7.23. The first kappa shape index (κ1) is 17.4. The number of benzene rings is 2. The van der Waals surface area contributed by atoms with Crippen molar-refractivity contribution in [3.63, 3.8) is 0 Å². The molecule has 5 nitrogen and oxygen atoms in total. The summed E-state index contributed by atoms with van der Waals surface area (Å²) in [6.45, 7) is 0.637. The molecule has 2 aromatic rings. The number of hydrogen-bond acceptors (Lipinski definition) is 3. The molecular formula is C18H19FN2O3S. The van der Waals surface area contributed by atoms with Gasteiger partial charge in [0.15, 0.2) is 0 Å². The molecule has 1 heterocycles. The molecule has 0 radical (unpaired) electrons. The van der Waals surface area contributed by atoms with Gasteiger partial charge < -0.3 is 4.90 Å². The number of rotatable bonds is 5. The maximum absolute atomic E-state index is 13.2. The van der Waals surface area contributed by atoms with E-state index >= 15 is 0 Å². The smallest absolute Gasteiger partial charge is 0.236 e. The Morgan fingerprint density at radius 1 is 1.08 bits per heavy atom. The first-order valence-electron chi connectivity index (χ1n) is 8.08. The Balaban J connectivity index is 1.76. The average molecular weight is 362 g/mol. The molecule has 25 heavy (non-hydrogen) atoms. The zero-order valence-electron chi connectivity index (χ0n) is 13.6. The van der Waals surface area contributed by atoms with Gasteiger partial charge in [0.1, 0.15) is 5.82 Å². The number of amides is 1. The maximum Gasteiger partial charge on any atom is 0.236 e. The summed E-state index contributed by atoms with van der Waals surface area (Å²) in [6.07, 6.45) is 2.33. The van der Waals surface area contributed by atoms with Crippen LogP contribution in [0.5, 0.6) is 0 Å². The van der Waals surface area contributed by atoms with E-state index in [1.165, 1.54) is 18.2 Å². The number of sulfonamides is 1. The molecule has 1 N–H and O–H groups in total. The summed E-state index contributed by atoms with van der Waals surface area (Å²) in [6, 6.07) is 12.3. The molecule has 0 unspecified atom stereocenters. The molecule has 0 atom stereocenters. The van der Waals surface area contributed by atoms with E-state index in [4.69, 9.17) is 0 Å². The Bertz CT molecular complexity index is 883. The predicted molar refractivity (Wildman–Crippen MR) is 95.3 cm³/mol. The fourth-order valence-electron chi connectivity index (χ4n) is 2.88. The number of nitrogens with one attached hydrogen (secondary N) is 1. The molecule has 0 aliphatic carbocycles. The van der Waals surface area contributed by atoms with Crippen LogP contribution in [0.3, 0.4) is 0 Å². The van der Waals surface area contributed by atoms with Gasteiger partial charge in [0.05, 0.1) is 11.4 Å². The van der Waals surface area contributed by atoms with E-state index in [1.54, 1.807) is 35.2 Å². The van der Waals surface area contributed by atoms with E-state index in [1.807, 2.05) is 0 Å². The lowest BCUT2D eigenvalue weighted by Crippen LogP contribution is -2.35. The summed E-state index contributed by atoms with van der Waals surface area (Å²) in [5, 5.41) is 0. The molecule has 0 spiro atoms. The van der Waals surface area contributed by atoms with Crippen molar-refractivity contribution < 1.29 is 17.6 Å². The summed E-state index contributed by atoms with van der Waals surface area (Å²) < 4.78 is 40.3. The van der Waals surface area contributed by atoms with Gasteiger partial charge in [-0.25, -0.2) is 12.8 Å². The highest BCUT2D eigenvalue weighted by atomic mass is 32.2. The van der Waals surface area contributed by atoms with E-state index in [0.29, 0.717) is 29.9 Å². The number of hydrogen-bond donors (Lipinski definition) is 1. The van der Waals surface area contributed by atoms with E-state index in [0.717, 1.165) is 12.8 Å².